The van der Waals surface area contributed by atoms with Crippen molar-refractivity contribution in [3.8, 4) is 0 Å². The number of nitrogens with zero attached hydrogens (tertiary/aromatic N) is 2. The standard InChI is InChI=1S/C13H23N3O2.ClH/c1-11-9-14-6-8-16(11)13(18)10-15-7-4-2-3-5-12(15)17;/h11,14H,2-10H2,1H3;1H. The maximum Gasteiger partial charge on any atom is 0.242 e. The Labute approximate surface area is 121 Å². The Morgan fingerprint density at radius 1 is 1.32 bits per heavy atom. The predicted molar refractivity (Wildman–Crippen MR) is 76.3 cm³/mol. The van der Waals surface area contributed by atoms with Gasteiger partial charge in [-0.05, 0) is 19.8 Å². The number of hydrogen-bond donors (Lipinski definition) is 1. The lowest BCUT2D eigenvalue weighted by Crippen LogP contribution is -2.55. The van der Waals surface area contributed by atoms with Gasteiger partial charge in [-0.3, -0.25) is 9.59 Å². The van der Waals surface area contributed by atoms with Crippen LogP contribution >= 0.6 is 12.4 Å². The highest BCUT2D eigenvalue weighted by atomic mass is 35.5. The smallest absolute Gasteiger partial charge is 0.242 e. The molecular weight excluding hydrogens is 266 g/mol. The molecule has 0 saturated carbocycles. The van der Waals surface area contributed by atoms with Crippen LogP contribution in [0, 0.1) is 0 Å². The Hall–Kier alpha value is -0.810. The van der Waals surface area contributed by atoms with Crippen molar-refractivity contribution in [2.45, 2.75) is 38.6 Å². The van der Waals surface area contributed by atoms with Gasteiger partial charge in [-0.15, -0.1) is 12.4 Å². The molecule has 2 aliphatic heterocycles. The van der Waals surface area contributed by atoms with Crippen molar-refractivity contribution >= 4 is 24.2 Å². The van der Waals surface area contributed by atoms with Crippen LogP contribution in [0.4, 0.5) is 0 Å². The van der Waals surface area contributed by atoms with Gasteiger partial charge < -0.3 is 15.1 Å². The first-order valence-corrected chi connectivity index (χ1v) is 6.96. The van der Waals surface area contributed by atoms with Crippen LogP contribution in [0.25, 0.3) is 0 Å². The topological polar surface area (TPSA) is 52.7 Å². The van der Waals surface area contributed by atoms with Crippen molar-refractivity contribution < 1.29 is 9.59 Å². The van der Waals surface area contributed by atoms with Gasteiger partial charge >= 0.3 is 0 Å². The van der Waals surface area contributed by atoms with Crippen LogP contribution in [0.5, 0.6) is 0 Å². The van der Waals surface area contributed by atoms with E-state index in [0.29, 0.717) is 6.42 Å². The minimum atomic E-state index is 0. The van der Waals surface area contributed by atoms with Crippen molar-refractivity contribution in [3.63, 3.8) is 0 Å². The van der Waals surface area contributed by atoms with E-state index in [9.17, 15) is 9.59 Å². The quantitative estimate of drug-likeness (QED) is 0.811. The van der Waals surface area contributed by atoms with Gasteiger partial charge in [0.05, 0.1) is 6.54 Å². The fraction of sp³-hybridized carbons (Fsp3) is 0.846. The summed E-state index contributed by atoms with van der Waals surface area (Å²) < 4.78 is 0. The fourth-order valence-electron chi connectivity index (χ4n) is 2.67. The van der Waals surface area contributed by atoms with Gasteiger partial charge in [0, 0.05) is 38.6 Å². The molecule has 2 aliphatic rings. The number of likely N-dealkylation sites (tertiary alicyclic amines) is 1. The number of nitrogens with one attached hydrogen (secondary N) is 1. The number of carbonyl (C=O) groups is 2. The van der Waals surface area contributed by atoms with Crippen LogP contribution in [0.3, 0.4) is 0 Å². The highest BCUT2D eigenvalue weighted by Crippen LogP contribution is 2.12. The molecule has 0 radical (unpaired) electrons. The molecule has 1 unspecified atom stereocenters. The second-order valence-corrected chi connectivity index (χ2v) is 5.27. The molecule has 2 heterocycles. The number of halogens is 1. The maximum absolute atomic E-state index is 12.2. The number of amides is 2. The molecule has 2 fully saturated rings. The van der Waals surface area contributed by atoms with Crippen LogP contribution in [-0.4, -0.2) is 60.4 Å². The Morgan fingerprint density at radius 2 is 2.11 bits per heavy atom. The number of rotatable bonds is 2. The summed E-state index contributed by atoms with van der Waals surface area (Å²) in [6, 6.07) is 0.230. The predicted octanol–water partition coefficient (Wildman–Crippen LogP) is 0.631. The molecule has 0 aromatic rings. The second kappa shape index (κ2) is 7.70. The number of hydrogen-bond acceptors (Lipinski definition) is 3. The summed E-state index contributed by atoms with van der Waals surface area (Å²) in [6.07, 6.45) is 3.69. The zero-order chi connectivity index (χ0) is 13.0. The second-order valence-electron chi connectivity index (χ2n) is 5.27. The Morgan fingerprint density at radius 3 is 2.84 bits per heavy atom. The molecular formula is C13H24ClN3O2. The zero-order valence-corrected chi connectivity index (χ0v) is 12.4. The molecule has 0 bridgehead atoms. The van der Waals surface area contributed by atoms with Gasteiger partial charge in [-0.2, -0.15) is 0 Å². The summed E-state index contributed by atoms with van der Waals surface area (Å²) in [5.41, 5.74) is 0. The molecule has 0 aromatic heterocycles. The van der Waals surface area contributed by atoms with Crippen molar-refractivity contribution in [1.82, 2.24) is 15.1 Å². The normalized spacial score (nSPS) is 24.7. The summed E-state index contributed by atoms with van der Waals surface area (Å²) >= 11 is 0. The Bertz CT molecular complexity index is 325. The van der Waals surface area contributed by atoms with Gasteiger partial charge in [-0.1, -0.05) is 6.42 Å². The molecule has 2 rings (SSSR count). The van der Waals surface area contributed by atoms with E-state index in [0.717, 1.165) is 45.4 Å². The number of carbonyl (C=O) groups excluding carboxylic acids is 2. The van der Waals surface area contributed by atoms with E-state index in [1.165, 1.54) is 0 Å². The van der Waals surface area contributed by atoms with Crippen LogP contribution in [0.2, 0.25) is 0 Å². The minimum absolute atomic E-state index is 0. The van der Waals surface area contributed by atoms with Crippen molar-refractivity contribution in [2.24, 2.45) is 0 Å². The lowest BCUT2D eigenvalue weighted by atomic mass is 10.2. The molecule has 0 spiro atoms. The summed E-state index contributed by atoms with van der Waals surface area (Å²) in [4.78, 5) is 27.7. The SMILES string of the molecule is CC1CNCCN1C(=O)CN1CCCCCC1=O.Cl. The van der Waals surface area contributed by atoms with Crippen molar-refractivity contribution in [1.29, 1.82) is 0 Å². The summed E-state index contributed by atoms with van der Waals surface area (Å²) in [5, 5.41) is 3.27. The van der Waals surface area contributed by atoms with Gasteiger partial charge in [0.1, 0.15) is 0 Å². The molecule has 6 heteroatoms. The van der Waals surface area contributed by atoms with Crippen LogP contribution in [0.15, 0.2) is 0 Å². The van der Waals surface area contributed by atoms with E-state index in [1.807, 2.05) is 11.8 Å². The monoisotopic (exact) mass is 289 g/mol. The molecule has 0 aromatic carbocycles. The van der Waals surface area contributed by atoms with Gasteiger partial charge in [0.15, 0.2) is 0 Å². The van der Waals surface area contributed by atoms with E-state index in [4.69, 9.17) is 0 Å². The average Bonchev–Trinajstić information content (AvgIpc) is 2.55. The van der Waals surface area contributed by atoms with E-state index < -0.39 is 0 Å². The van der Waals surface area contributed by atoms with E-state index >= 15 is 0 Å². The highest BCUT2D eigenvalue weighted by molar-refractivity contribution is 5.85. The van der Waals surface area contributed by atoms with E-state index in [2.05, 4.69) is 5.32 Å². The summed E-state index contributed by atoms with van der Waals surface area (Å²) in [5.74, 6) is 0.239. The molecule has 19 heavy (non-hydrogen) atoms. The first-order valence-electron chi connectivity index (χ1n) is 6.96. The van der Waals surface area contributed by atoms with Gasteiger partial charge in [-0.25, -0.2) is 0 Å². The number of piperazine rings is 1. The van der Waals surface area contributed by atoms with Crippen LogP contribution < -0.4 is 5.32 Å². The fourth-order valence-corrected chi connectivity index (χ4v) is 2.67. The Kier molecular flexibility index (Phi) is 6.58. The molecule has 2 saturated heterocycles. The van der Waals surface area contributed by atoms with Crippen LogP contribution in [0.1, 0.15) is 32.6 Å². The molecule has 1 atom stereocenters. The van der Waals surface area contributed by atoms with Gasteiger partial charge in [0.25, 0.3) is 0 Å². The maximum atomic E-state index is 12.2. The third kappa shape index (κ3) is 4.35. The summed E-state index contributed by atoms with van der Waals surface area (Å²) in [6.45, 7) is 5.51. The minimum Gasteiger partial charge on any atom is -0.336 e. The van der Waals surface area contributed by atoms with Crippen LogP contribution in [-0.2, 0) is 9.59 Å². The third-order valence-corrected chi connectivity index (χ3v) is 3.82. The molecule has 0 aliphatic carbocycles. The average molecular weight is 290 g/mol. The summed E-state index contributed by atoms with van der Waals surface area (Å²) in [7, 11) is 0. The molecule has 1 N–H and O–H groups in total. The Balaban J connectivity index is 0.00000180. The lowest BCUT2D eigenvalue weighted by molar-refractivity contribution is -0.141. The first-order chi connectivity index (χ1) is 8.68. The molecule has 110 valence electrons. The third-order valence-electron chi connectivity index (χ3n) is 3.82. The van der Waals surface area contributed by atoms with Gasteiger partial charge in [0.2, 0.25) is 11.8 Å². The zero-order valence-electron chi connectivity index (χ0n) is 11.6. The lowest BCUT2D eigenvalue weighted by Gasteiger charge is -2.35. The van der Waals surface area contributed by atoms with E-state index in [1.54, 1.807) is 4.90 Å². The van der Waals surface area contributed by atoms with E-state index in [-0.39, 0.29) is 36.8 Å². The molecule has 5 nitrogen and oxygen atoms in total. The highest BCUT2D eigenvalue weighted by Gasteiger charge is 2.26. The van der Waals surface area contributed by atoms with Crippen molar-refractivity contribution in [3.05, 3.63) is 0 Å². The largest absolute Gasteiger partial charge is 0.336 e. The van der Waals surface area contributed by atoms with Crippen molar-refractivity contribution in [2.75, 3.05) is 32.7 Å². The first kappa shape index (κ1) is 16.2. The molecule has 2 amide bonds.